The summed E-state index contributed by atoms with van der Waals surface area (Å²) < 4.78 is 7.43. The van der Waals surface area contributed by atoms with Crippen molar-refractivity contribution in [1.29, 1.82) is 0 Å². The molecule has 0 radical (unpaired) electrons. The highest BCUT2D eigenvalue weighted by Gasteiger charge is 2.40. The average molecular weight is 475 g/mol. The number of thiazole rings is 1. The zero-order chi connectivity index (χ0) is 22.8. The number of fused-ring (bicyclic) bond motifs is 1. The second kappa shape index (κ2) is 9.29. The zero-order valence-corrected chi connectivity index (χ0v) is 19.6. The van der Waals surface area contributed by atoms with Crippen LogP contribution in [0.25, 0.3) is 5.69 Å². The maximum Gasteiger partial charge on any atom is 0.312 e. The molecule has 1 amide bonds. The highest BCUT2D eigenvalue weighted by atomic mass is 32.2. The lowest BCUT2D eigenvalue weighted by atomic mass is 9.84. The van der Waals surface area contributed by atoms with Gasteiger partial charge in [-0.25, -0.2) is 0 Å². The number of rotatable bonds is 5. The summed E-state index contributed by atoms with van der Waals surface area (Å²) in [7, 11) is 1.63. The van der Waals surface area contributed by atoms with Crippen molar-refractivity contribution < 1.29 is 9.53 Å². The van der Waals surface area contributed by atoms with E-state index in [4.69, 9.17) is 4.74 Å². The second-order valence-corrected chi connectivity index (χ2v) is 9.70. The first kappa shape index (κ1) is 21.6. The van der Waals surface area contributed by atoms with Crippen LogP contribution in [-0.4, -0.2) is 23.3 Å². The molecule has 3 aromatic carbocycles. The number of hydrogen-bond acceptors (Lipinski definition) is 5. The van der Waals surface area contributed by atoms with E-state index in [2.05, 4.69) is 5.32 Å². The highest BCUT2D eigenvalue weighted by molar-refractivity contribution is 7.99. The van der Waals surface area contributed by atoms with E-state index in [1.165, 1.54) is 11.3 Å². The van der Waals surface area contributed by atoms with Crippen LogP contribution in [-0.2, 0) is 4.79 Å². The molecule has 0 unspecified atom stereocenters. The summed E-state index contributed by atoms with van der Waals surface area (Å²) in [6.07, 6.45) is 0. The predicted molar refractivity (Wildman–Crippen MR) is 134 cm³/mol. The smallest absolute Gasteiger partial charge is 0.312 e. The number of carbonyl (C=O) groups is 1. The van der Waals surface area contributed by atoms with Crippen LogP contribution in [0.2, 0.25) is 0 Å². The molecule has 2 atom stereocenters. The minimum absolute atomic E-state index is 0.0530. The van der Waals surface area contributed by atoms with Gasteiger partial charge < -0.3 is 10.1 Å². The van der Waals surface area contributed by atoms with Crippen molar-refractivity contribution in [1.82, 2.24) is 4.57 Å². The summed E-state index contributed by atoms with van der Waals surface area (Å²) in [5.41, 5.74) is 2.50. The summed E-state index contributed by atoms with van der Waals surface area (Å²) in [5.74, 6) is 0.551. The van der Waals surface area contributed by atoms with E-state index in [9.17, 15) is 9.59 Å². The number of nitrogens with zero attached hydrogens (tertiary/aromatic N) is 1. The third-order valence-electron chi connectivity index (χ3n) is 5.74. The largest absolute Gasteiger partial charge is 0.496 e. The van der Waals surface area contributed by atoms with E-state index < -0.39 is 0 Å². The number of methoxy groups -OCH3 is 1. The van der Waals surface area contributed by atoms with Crippen LogP contribution in [0.1, 0.15) is 16.4 Å². The molecule has 1 aliphatic rings. The SMILES string of the molecule is COc1ccccc1[C@H]1c2sc(=O)n(-c3ccccc3)c2SC[C@H]1C(=O)Nc1ccccc1. The topological polar surface area (TPSA) is 60.3 Å². The maximum atomic E-state index is 13.5. The third-order valence-corrected chi connectivity index (χ3v) is 8.10. The van der Waals surface area contributed by atoms with Gasteiger partial charge in [-0.3, -0.25) is 14.2 Å². The van der Waals surface area contributed by atoms with Gasteiger partial charge in [-0.05, 0) is 30.3 Å². The molecule has 7 heteroatoms. The van der Waals surface area contributed by atoms with Gasteiger partial charge in [0.2, 0.25) is 5.91 Å². The molecule has 0 aliphatic carbocycles. The molecule has 5 nitrogen and oxygen atoms in total. The number of nitrogens with one attached hydrogen (secondary N) is 1. The van der Waals surface area contributed by atoms with Crippen LogP contribution in [0, 0.1) is 5.92 Å². The van der Waals surface area contributed by atoms with Crippen molar-refractivity contribution >= 4 is 34.7 Å². The summed E-state index contributed by atoms with van der Waals surface area (Å²) in [6, 6.07) is 26.9. The van der Waals surface area contributed by atoms with Crippen LogP contribution >= 0.6 is 23.1 Å². The fourth-order valence-corrected chi connectivity index (χ4v) is 6.92. The second-order valence-electron chi connectivity index (χ2n) is 7.70. The van der Waals surface area contributed by atoms with Crippen LogP contribution in [0.4, 0.5) is 5.69 Å². The molecule has 2 heterocycles. The summed E-state index contributed by atoms with van der Waals surface area (Å²) >= 11 is 2.77. The van der Waals surface area contributed by atoms with Gasteiger partial charge in [0.1, 0.15) is 5.75 Å². The summed E-state index contributed by atoms with van der Waals surface area (Å²) in [5, 5.41) is 3.96. The maximum absolute atomic E-state index is 13.5. The summed E-state index contributed by atoms with van der Waals surface area (Å²) in [6.45, 7) is 0. The van der Waals surface area contributed by atoms with Gasteiger partial charge in [0, 0.05) is 27.8 Å². The van der Waals surface area contributed by atoms with E-state index in [0.717, 1.165) is 26.8 Å². The van der Waals surface area contributed by atoms with Gasteiger partial charge >= 0.3 is 4.87 Å². The first-order chi connectivity index (χ1) is 16.2. The molecule has 5 rings (SSSR count). The normalized spacial score (nSPS) is 17.2. The molecular formula is C26H22N2O3S2. The van der Waals surface area contributed by atoms with Crippen molar-refractivity contribution in [3.63, 3.8) is 0 Å². The molecule has 0 bridgehead atoms. The van der Waals surface area contributed by atoms with E-state index in [1.807, 2.05) is 84.9 Å². The van der Waals surface area contributed by atoms with Crippen LogP contribution in [0.5, 0.6) is 5.75 Å². The molecule has 1 N–H and O–H groups in total. The molecule has 0 fully saturated rings. The highest BCUT2D eigenvalue weighted by Crippen LogP contribution is 2.49. The molecule has 33 heavy (non-hydrogen) atoms. The Morgan fingerprint density at radius 1 is 0.970 bits per heavy atom. The monoisotopic (exact) mass is 474 g/mol. The minimum Gasteiger partial charge on any atom is -0.496 e. The Hall–Kier alpha value is -3.29. The standard InChI is InChI=1S/C26H22N2O3S2/c1-31-21-15-9-8-14-19(21)22-20(24(29)27-17-10-4-2-5-11-17)16-32-25-23(22)33-26(30)28(25)18-12-6-3-7-13-18/h2-15,20,22H,16H2,1H3,(H,27,29)/t20-,22-/m1/s1. The van der Waals surface area contributed by atoms with E-state index in [-0.39, 0.29) is 22.6 Å². The van der Waals surface area contributed by atoms with Crippen molar-refractivity contribution in [2.45, 2.75) is 10.9 Å². The average Bonchev–Trinajstić information content (AvgIpc) is 3.20. The molecule has 0 saturated carbocycles. The predicted octanol–water partition coefficient (Wildman–Crippen LogP) is 5.40. The summed E-state index contributed by atoms with van der Waals surface area (Å²) in [4.78, 5) is 27.5. The van der Waals surface area contributed by atoms with Gasteiger partial charge in [0.05, 0.1) is 23.7 Å². The Morgan fingerprint density at radius 2 is 1.64 bits per heavy atom. The van der Waals surface area contributed by atoms with Crippen molar-refractivity contribution in [3.05, 3.63) is 105 Å². The molecular weight excluding hydrogens is 452 g/mol. The number of benzene rings is 3. The van der Waals surface area contributed by atoms with Crippen molar-refractivity contribution in [2.75, 3.05) is 18.2 Å². The Morgan fingerprint density at radius 3 is 2.36 bits per heavy atom. The quantitative estimate of drug-likeness (QED) is 0.421. The molecule has 0 spiro atoms. The Balaban J connectivity index is 1.63. The van der Waals surface area contributed by atoms with Gasteiger partial charge in [-0.15, -0.1) is 11.8 Å². The first-order valence-corrected chi connectivity index (χ1v) is 12.4. The number of carbonyl (C=O) groups excluding carboxylic acids is 1. The number of amides is 1. The van der Waals surface area contributed by atoms with Crippen LogP contribution in [0.3, 0.4) is 0 Å². The van der Waals surface area contributed by atoms with E-state index in [0.29, 0.717) is 11.5 Å². The lowest BCUT2D eigenvalue weighted by molar-refractivity contribution is -0.119. The number of ether oxygens (including phenoxy) is 1. The fourth-order valence-electron chi connectivity index (χ4n) is 4.22. The minimum atomic E-state index is -0.360. The van der Waals surface area contributed by atoms with E-state index in [1.54, 1.807) is 23.4 Å². The number of aromatic nitrogens is 1. The Labute approximate surface area is 200 Å². The van der Waals surface area contributed by atoms with Crippen LogP contribution in [0.15, 0.2) is 94.7 Å². The number of hydrogen-bond donors (Lipinski definition) is 1. The van der Waals surface area contributed by atoms with Gasteiger partial charge in [0.25, 0.3) is 0 Å². The zero-order valence-electron chi connectivity index (χ0n) is 17.9. The molecule has 4 aromatic rings. The first-order valence-electron chi connectivity index (χ1n) is 10.6. The molecule has 166 valence electrons. The van der Waals surface area contributed by atoms with Crippen molar-refractivity contribution in [3.8, 4) is 11.4 Å². The Bertz CT molecular complexity index is 1330. The number of anilines is 1. The van der Waals surface area contributed by atoms with Crippen LogP contribution < -0.4 is 14.9 Å². The number of para-hydroxylation sites is 3. The Kier molecular flexibility index (Phi) is 6.07. The number of thioether (sulfide) groups is 1. The lowest BCUT2D eigenvalue weighted by Gasteiger charge is -2.31. The molecule has 1 aliphatic heterocycles. The van der Waals surface area contributed by atoms with Gasteiger partial charge in [-0.1, -0.05) is 65.9 Å². The van der Waals surface area contributed by atoms with Gasteiger partial charge in [0.15, 0.2) is 0 Å². The van der Waals surface area contributed by atoms with Crippen molar-refractivity contribution in [2.24, 2.45) is 5.92 Å². The fraction of sp³-hybridized carbons (Fsp3) is 0.154. The van der Waals surface area contributed by atoms with Gasteiger partial charge in [-0.2, -0.15) is 0 Å². The lowest BCUT2D eigenvalue weighted by Crippen LogP contribution is -2.33. The van der Waals surface area contributed by atoms with E-state index >= 15 is 0 Å². The molecule has 0 saturated heterocycles. The third kappa shape index (κ3) is 4.10. The molecule has 1 aromatic heterocycles.